The number of nitrogens with one attached hydrogen (secondary N) is 1. The smallest absolute Gasteiger partial charge is 0.325 e. The van der Waals surface area contributed by atoms with Crippen LogP contribution in [0.4, 0.5) is 5.69 Å². The van der Waals surface area contributed by atoms with E-state index in [9.17, 15) is 4.79 Å². The maximum absolute atomic E-state index is 11.8. The minimum atomic E-state index is -0.244. The second-order valence-corrected chi connectivity index (χ2v) is 5.64. The van der Waals surface area contributed by atoms with E-state index in [0.29, 0.717) is 5.02 Å². The molecule has 2 atom stereocenters. The molecular formula is C15H20ClNO3. The normalized spacial score (nSPS) is 26.1. The van der Waals surface area contributed by atoms with E-state index < -0.39 is 0 Å². The monoisotopic (exact) mass is 297 g/mol. The summed E-state index contributed by atoms with van der Waals surface area (Å²) in [4.78, 5) is 11.8. The third-order valence-corrected chi connectivity index (χ3v) is 3.49. The van der Waals surface area contributed by atoms with E-state index >= 15 is 0 Å². The van der Waals surface area contributed by atoms with Gasteiger partial charge in [-0.2, -0.15) is 0 Å². The first kappa shape index (κ1) is 15.1. The summed E-state index contributed by atoms with van der Waals surface area (Å²) in [5.41, 5.74) is 0.847. The van der Waals surface area contributed by atoms with E-state index in [0.717, 1.165) is 18.5 Å². The number of esters is 1. The summed E-state index contributed by atoms with van der Waals surface area (Å²) < 4.78 is 11.1. The van der Waals surface area contributed by atoms with Gasteiger partial charge in [0.1, 0.15) is 12.6 Å². The highest BCUT2D eigenvalue weighted by Crippen LogP contribution is 2.21. The Balaban J connectivity index is 1.76. The van der Waals surface area contributed by atoms with Gasteiger partial charge >= 0.3 is 5.97 Å². The molecule has 1 heterocycles. The van der Waals surface area contributed by atoms with Gasteiger partial charge < -0.3 is 14.8 Å². The molecule has 1 aromatic rings. The van der Waals surface area contributed by atoms with Gasteiger partial charge in [-0.3, -0.25) is 4.79 Å². The van der Waals surface area contributed by atoms with Crippen LogP contribution in [0.25, 0.3) is 0 Å². The summed E-state index contributed by atoms with van der Waals surface area (Å²) in [7, 11) is 0. The molecule has 0 amide bonds. The van der Waals surface area contributed by atoms with E-state index in [1.54, 1.807) is 12.1 Å². The largest absolute Gasteiger partial charge is 0.461 e. The minimum absolute atomic E-state index is 0.0479. The fourth-order valence-corrected chi connectivity index (χ4v) is 2.54. The van der Waals surface area contributed by atoms with Crippen LogP contribution in [0.1, 0.15) is 26.7 Å². The Morgan fingerprint density at radius 3 is 2.50 bits per heavy atom. The Hall–Kier alpha value is -1.26. The zero-order valence-corrected chi connectivity index (χ0v) is 12.5. The Bertz CT molecular complexity index is 439. The summed E-state index contributed by atoms with van der Waals surface area (Å²) in [6.45, 7) is 4.16. The van der Waals surface area contributed by atoms with Crippen molar-refractivity contribution < 1.29 is 14.3 Å². The maximum atomic E-state index is 11.8. The van der Waals surface area contributed by atoms with E-state index in [-0.39, 0.29) is 30.8 Å². The third kappa shape index (κ3) is 4.69. The van der Waals surface area contributed by atoms with Crippen molar-refractivity contribution in [1.82, 2.24) is 0 Å². The van der Waals surface area contributed by atoms with Gasteiger partial charge in [-0.05, 0) is 38.1 Å². The molecule has 4 nitrogen and oxygen atoms in total. The van der Waals surface area contributed by atoms with E-state index in [4.69, 9.17) is 21.1 Å². The van der Waals surface area contributed by atoms with Crippen LogP contribution in [0.2, 0.25) is 5.02 Å². The average Bonchev–Trinajstić information content (AvgIpc) is 2.37. The summed E-state index contributed by atoms with van der Waals surface area (Å²) in [6.07, 6.45) is 1.75. The number of hydrogen-bond acceptors (Lipinski definition) is 4. The highest BCUT2D eigenvalue weighted by molar-refractivity contribution is 6.30. The molecule has 0 aromatic heterocycles. The topological polar surface area (TPSA) is 47.6 Å². The van der Waals surface area contributed by atoms with Crippen molar-refractivity contribution in [1.29, 1.82) is 0 Å². The number of halogens is 1. The molecule has 2 unspecified atom stereocenters. The van der Waals surface area contributed by atoms with Crippen molar-refractivity contribution in [3.8, 4) is 0 Å². The van der Waals surface area contributed by atoms with Gasteiger partial charge in [0.05, 0.1) is 12.2 Å². The van der Waals surface area contributed by atoms with Gasteiger partial charge in [0.25, 0.3) is 0 Å². The summed E-state index contributed by atoms with van der Waals surface area (Å²) in [5.74, 6) is -0.244. The van der Waals surface area contributed by atoms with Crippen molar-refractivity contribution in [2.75, 3.05) is 11.9 Å². The number of ether oxygens (including phenoxy) is 2. The molecule has 0 saturated carbocycles. The van der Waals surface area contributed by atoms with E-state index in [1.165, 1.54) is 0 Å². The molecule has 110 valence electrons. The number of hydrogen-bond donors (Lipinski definition) is 1. The lowest BCUT2D eigenvalue weighted by molar-refractivity contribution is -0.157. The number of rotatable bonds is 4. The van der Waals surface area contributed by atoms with Gasteiger partial charge in [-0.1, -0.05) is 11.6 Å². The van der Waals surface area contributed by atoms with Crippen molar-refractivity contribution >= 4 is 23.3 Å². The molecule has 5 heteroatoms. The van der Waals surface area contributed by atoms with E-state index in [2.05, 4.69) is 5.32 Å². The van der Waals surface area contributed by atoms with Gasteiger partial charge in [0.15, 0.2) is 0 Å². The zero-order chi connectivity index (χ0) is 14.5. The first-order valence-electron chi connectivity index (χ1n) is 6.87. The first-order valence-corrected chi connectivity index (χ1v) is 7.25. The van der Waals surface area contributed by atoms with Crippen LogP contribution in [0.3, 0.4) is 0 Å². The summed E-state index contributed by atoms with van der Waals surface area (Å²) in [5, 5.41) is 3.69. The van der Waals surface area contributed by atoms with Crippen LogP contribution in [0.5, 0.6) is 0 Å². The third-order valence-electron chi connectivity index (χ3n) is 3.23. The number of benzene rings is 1. The summed E-state index contributed by atoms with van der Waals surface area (Å²) >= 11 is 5.80. The first-order chi connectivity index (χ1) is 9.52. The number of anilines is 1. The Kier molecular flexibility index (Phi) is 5.26. The lowest BCUT2D eigenvalue weighted by atomic mass is 10.0. The van der Waals surface area contributed by atoms with Crippen LogP contribution in [0.15, 0.2) is 24.3 Å². The van der Waals surface area contributed by atoms with Crippen LogP contribution < -0.4 is 5.32 Å². The molecule has 1 aliphatic heterocycles. The average molecular weight is 298 g/mol. The lowest BCUT2D eigenvalue weighted by Gasteiger charge is -2.31. The quantitative estimate of drug-likeness (QED) is 0.867. The van der Waals surface area contributed by atoms with Crippen molar-refractivity contribution in [3.05, 3.63) is 29.3 Å². The molecule has 1 aliphatic rings. The van der Waals surface area contributed by atoms with Crippen LogP contribution >= 0.6 is 11.6 Å². The lowest BCUT2D eigenvalue weighted by Crippen LogP contribution is -2.36. The molecule has 0 spiro atoms. The highest BCUT2D eigenvalue weighted by Gasteiger charge is 2.26. The predicted molar refractivity (Wildman–Crippen MR) is 79.1 cm³/mol. The molecule has 1 fully saturated rings. The van der Waals surface area contributed by atoms with Crippen LogP contribution in [-0.4, -0.2) is 30.8 Å². The number of carbonyl (C=O) groups is 1. The van der Waals surface area contributed by atoms with Gasteiger partial charge in [0.2, 0.25) is 0 Å². The molecule has 0 bridgehead atoms. The second kappa shape index (κ2) is 6.95. The zero-order valence-electron chi connectivity index (χ0n) is 11.8. The molecule has 2 rings (SSSR count). The molecule has 0 aliphatic carbocycles. The Morgan fingerprint density at radius 1 is 1.30 bits per heavy atom. The fraction of sp³-hybridized carbons (Fsp3) is 0.533. The number of carbonyl (C=O) groups excluding carboxylic acids is 1. The predicted octanol–water partition coefficient (Wildman–Crippen LogP) is 3.25. The molecule has 1 N–H and O–H groups in total. The van der Waals surface area contributed by atoms with Crippen LogP contribution in [-0.2, 0) is 14.3 Å². The Labute approximate surface area is 124 Å². The standard InChI is InChI=1S/C15H20ClNO3/c1-10-7-14(8-11(2)19-10)20-15(18)9-17-13-5-3-12(16)4-6-13/h3-6,10-11,14,17H,7-9H2,1-2H3. The maximum Gasteiger partial charge on any atom is 0.325 e. The van der Waals surface area contributed by atoms with Gasteiger partial charge in [-0.25, -0.2) is 0 Å². The molecular weight excluding hydrogens is 278 g/mol. The van der Waals surface area contributed by atoms with Crippen molar-refractivity contribution in [3.63, 3.8) is 0 Å². The molecule has 0 radical (unpaired) electrons. The summed E-state index contributed by atoms with van der Waals surface area (Å²) in [6, 6.07) is 7.20. The van der Waals surface area contributed by atoms with E-state index in [1.807, 2.05) is 26.0 Å². The van der Waals surface area contributed by atoms with Crippen molar-refractivity contribution in [2.24, 2.45) is 0 Å². The molecule has 20 heavy (non-hydrogen) atoms. The van der Waals surface area contributed by atoms with Crippen molar-refractivity contribution in [2.45, 2.75) is 45.0 Å². The fourth-order valence-electron chi connectivity index (χ4n) is 2.41. The Morgan fingerprint density at radius 2 is 1.90 bits per heavy atom. The van der Waals surface area contributed by atoms with Gasteiger partial charge in [-0.15, -0.1) is 0 Å². The molecule has 1 saturated heterocycles. The second-order valence-electron chi connectivity index (χ2n) is 5.20. The minimum Gasteiger partial charge on any atom is -0.461 e. The van der Waals surface area contributed by atoms with Gasteiger partial charge in [0, 0.05) is 23.6 Å². The highest BCUT2D eigenvalue weighted by atomic mass is 35.5. The van der Waals surface area contributed by atoms with Crippen LogP contribution in [0, 0.1) is 0 Å². The SMILES string of the molecule is CC1CC(OC(=O)CNc2ccc(Cl)cc2)CC(C)O1. The molecule has 1 aromatic carbocycles.